The molecule has 0 bridgehead atoms. The van der Waals surface area contributed by atoms with Crippen molar-refractivity contribution in [1.29, 1.82) is 0 Å². The van der Waals surface area contributed by atoms with Crippen molar-refractivity contribution >= 4 is 47.1 Å². The number of hydrogen-bond acceptors (Lipinski definition) is 7. The third-order valence-corrected chi connectivity index (χ3v) is 6.64. The van der Waals surface area contributed by atoms with Gasteiger partial charge in [0.2, 0.25) is 0 Å². The van der Waals surface area contributed by atoms with Crippen molar-refractivity contribution in [1.82, 2.24) is 10.3 Å². The normalized spacial score (nSPS) is 15.5. The first-order chi connectivity index (χ1) is 12.3. The Morgan fingerprint density at radius 2 is 2.22 bits per heavy atom. The first-order valence-electron chi connectivity index (χ1n) is 8.23. The second kappa shape index (κ2) is 8.55. The number of amides is 1. The van der Waals surface area contributed by atoms with Gasteiger partial charge in [-0.05, 0) is 44.7 Å². The molecule has 10 heteroatoms. The van der Waals surface area contributed by atoms with Gasteiger partial charge >= 0.3 is 0 Å². The van der Waals surface area contributed by atoms with E-state index in [4.69, 9.17) is 5.73 Å². The van der Waals surface area contributed by atoms with E-state index in [0.717, 1.165) is 22.9 Å². The van der Waals surface area contributed by atoms with E-state index < -0.39 is 10.5 Å². The van der Waals surface area contributed by atoms with Crippen LogP contribution in [-0.4, -0.2) is 27.9 Å². The molecule has 1 unspecified atom stereocenters. The molecule has 3 rings (SSSR count). The maximum Gasteiger partial charge on any atom is 0.284 e. The van der Waals surface area contributed by atoms with E-state index in [1.54, 1.807) is 12.1 Å². The highest BCUT2D eigenvalue weighted by Gasteiger charge is 2.41. The fraction of sp³-hybridized carbons (Fsp3) is 0.412. The molecule has 1 amide bonds. The van der Waals surface area contributed by atoms with Crippen LogP contribution in [0.4, 0.5) is 5.69 Å². The van der Waals surface area contributed by atoms with Crippen LogP contribution >= 0.6 is 35.5 Å². The topological polar surface area (TPSA) is 111 Å². The summed E-state index contributed by atoms with van der Waals surface area (Å²) in [6.07, 6.45) is 2.08. The molecule has 0 aliphatic heterocycles. The number of nitro groups is 1. The Balaban J connectivity index is 0.00000261. The summed E-state index contributed by atoms with van der Waals surface area (Å²) in [6.45, 7) is 4.13. The van der Waals surface area contributed by atoms with Gasteiger partial charge in [0.15, 0.2) is 4.34 Å². The molecule has 1 aliphatic carbocycles. The Morgan fingerprint density at radius 1 is 1.52 bits per heavy atom. The van der Waals surface area contributed by atoms with E-state index >= 15 is 0 Å². The molecule has 1 fully saturated rings. The van der Waals surface area contributed by atoms with E-state index in [-0.39, 0.29) is 29.6 Å². The van der Waals surface area contributed by atoms with Crippen LogP contribution in [0.5, 0.6) is 0 Å². The number of nitro benzene ring substituents is 1. The number of nitrogens with zero attached hydrogens (tertiary/aromatic N) is 2. The minimum absolute atomic E-state index is 0. The highest BCUT2D eigenvalue weighted by molar-refractivity contribution is 8.01. The molecule has 1 heterocycles. The zero-order valence-corrected chi connectivity index (χ0v) is 17.4. The largest absolute Gasteiger partial charge is 0.345 e. The quantitative estimate of drug-likeness (QED) is 0.512. The first kappa shape index (κ1) is 21.6. The van der Waals surface area contributed by atoms with Crippen molar-refractivity contribution < 1.29 is 9.72 Å². The standard InChI is InChI=1S/C17H20N4O3S2.ClH/c1-10-8-25-16(19-10)26-14-6-3-11(7-13(14)21(23)24)15(22)20-17(2,9-18)12-4-5-12;/h3,6-8,12H,4-5,9,18H2,1-2H3,(H,20,22);1H. The van der Waals surface area contributed by atoms with Gasteiger partial charge in [-0.25, -0.2) is 4.98 Å². The van der Waals surface area contributed by atoms with Gasteiger partial charge in [-0.15, -0.1) is 23.7 Å². The van der Waals surface area contributed by atoms with Crippen LogP contribution in [0, 0.1) is 23.0 Å². The van der Waals surface area contributed by atoms with E-state index in [0.29, 0.717) is 17.4 Å². The lowest BCUT2D eigenvalue weighted by atomic mass is 9.95. The number of rotatable bonds is 7. The van der Waals surface area contributed by atoms with Gasteiger partial charge in [-0.1, -0.05) is 11.8 Å². The van der Waals surface area contributed by atoms with Crippen molar-refractivity contribution in [3.8, 4) is 0 Å². The summed E-state index contributed by atoms with van der Waals surface area (Å²) in [6, 6.07) is 4.53. The number of aromatic nitrogens is 1. The van der Waals surface area contributed by atoms with Crippen LogP contribution in [0.3, 0.4) is 0 Å². The maximum atomic E-state index is 12.6. The summed E-state index contributed by atoms with van der Waals surface area (Å²) in [5, 5.41) is 16.3. The van der Waals surface area contributed by atoms with E-state index in [1.165, 1.54) is 29.2 Å². The maximum absolute atomic E-state index is 12.6. The second-order valence-electron chi connectivity index (χ2n) is 6.65. The van der Waals surface area contributed by atoms with Gasteiger partial charge in [-0.3, -0.25) is 14.9 Å². The van der Waals surface area contributed by atoms with Gasteiger partial charge < -0.3 is 11.1 Å². The van der Waals surface area contributed by atoms with E-state index in [2.05, 4.69) is 10.3 Å². The SMILES string of the molecule is Cc1csc(Sc2ccc(C(=O)NC(C)(CN)C3CC3)cc2[N+](=O)[O-])n1.Cl. The number of aryl methyl sites for hydroxylation is 1. The molecule has 146 valence electrons. The summed E-state index contributed by atoms with van der Waals surface area (Å²) < 4.78 is 0.729. The Morgan fingerprint density at radius 3 is 2.74 bits per heavy atom. The van der Waals surface area contributed by atoms with Crippen molar-refractivity contribution in [2.75, 3.05) is 6.54 Å². The molecule has 27 heavy (non-hydrogen) atoms. The van der Waals surface area contributed by atoms with Crippen molar-refractivity contribution in [3.63, 3.8) is 0 Å². The lowest BCUT2D eigenvalue weighted by Crippen LogP contribution is -2.53. The van der Waals surface area contributed by atoms with Crippen LogP contribution < -0.4 is 11.1 Å². The summed E-state index contributed by atoms with van der Waals surface area (Å²) in [5.74, 6) is 0.0315. The highest BCUT2D eigenvalue weighted by atomic mass is 35.5. The second-order valence-corrected chi connectivity index (χ2v) is 8.79. The molecule has 3 N–H and O–H groups in total. The average Bonchev–Trinajstić information content (AvgIpc) is 3.39. The Hall–Kier alpha value is -1.68. The third-order valence-electron chi connectivity index (χ3n) is 4.51. The molecule has 0 radical (unpaired) electrons. The van der Waals surface area contributed by atoms with E-state index in [9.17, 15) is 14.9 Å². The van der Waals surface area contributed by atoms with Crippen LogP contribution in [0.1, 0.15) is 35.8 Å². The molecule has 1 aliphatic rings. The summed E-state index contributed by atoms with van der Waals surface area (Å²) in [7, 11) is 0. The predicted molar refractivity (Wildman–Crippen MR) is 109 cm³/mol. The minimum Gasteiger partial charge on any atom is -0.345 e. The summed E-state index contributed by atoms with van der Waals surface area (Å²) >= 11 is 2.66. The Bertz CT molecular complexity index is 856. The molecule has 0 spiro atoms. The van der Waals surface area contributed by atoms with Crippen LogP contribution in [0.2, 0.25) is 0 Å². The highest BCUT2D eigenvalue weighted by Crippen LogP contribution is 2.40. The van der Waals surface area contributed by atoms with Gasteiger partial charge in [0.1, 0.15) is 0 Å². The van der Waals surface area contributed by atoms with Gasteiger partial charge in [0, 0.05) is 29.2 Å². The van der Waals surface area contributed by atoms with E-state index in [1.807, 2.05) is 19.2 Å². The third kappa shape index (κ3) is 4.98. The number of nitrogens with two attached hydrogens (primary N) is 1. The number of halogens is 1. The Kier molecular flexibility index (Phi) is 6.85. The van der Waals surface area contributed by atoms with Crippen molar-refractivity contribution in [2.45, 2.75) is 41.5 Å². The fourth-order valence-electron chi connectivity index (χ4n) is 2.73. The van der Waals surface area contributed by atoms with Crippen LogP contribution in [-0.2, 0) is 0 Å². The van der Waals surface area contributed by atoms with Crippen molar-refractivity contribution in [3.05, 3.63) is 45.0 Å². The molecule has 2 aromatic rings. The molecule has 1 atom stereocenters. The molecule has 1 aromatic heterocycles. The number of carbonyl (C=O) groups is 1. The minimum atomic E-state index is -0.475. The van der Waals surface area contributed by atoms with Gasteiger partial charge in [0.25, 0.3) is 11.6 Å². The van der Waals surface area contributed by atoms with Crippen molar-refractivity contribution in [2.24, 2.45) is 11.7 Å². The number of carbonyl (C=O) groups excluding carboxylic acids is 1. The smallest absolute Gasteiger partial charge is 0.284 e. The zero-order valence-electron chi connectivity index (χ0n) is 14.9. The molecular weight excluding hydrogens is 408 g/mol. The molecule has 7 nitrogen and oxygen atoms in total. The fourth-order valence-corrected chi connectivity index (χ4v) is 4.61. The van der Waals surface area contributed by atoms with Gasteiger partial charge in [0.05, 0.1) is 15.4 Å². The molecule has 1 saturated carbocycles. The van der Waals surface area contributed by atoms with Crippen LogP contribution in [0.15, 0.2) is 32.8 Å². The first-order valence-corrected chi connectivity index (χ1v) is 9.93. The monoisotopic (exact) mass is 428 g/mol. The zero-order chi connectivity index (χ0) is 18.9. The number of benzene rings is 1. The predicted octanol–water partition coefficient (Wildman–Crippen LogP) is 3.79. The lowest BCUT2D eigenvalue weighted by molar-refractivity contribution is -0.387. The summed E-state index contributed by atoms with van der Waals surface area (Å²) in [4.78, 5) is 28.4. The number of nitrogens with one attached hydrogen (secondary N) is 1. The van der Waals surface area contributed by atoms with Gasteiger partial charge in [-0.2, -0.15) is 0 Å². The summed E-state index contributed by atoms with van der Waals surface area (Å²) in [5.41, 5.74) is 6.39. The lowest BCUT2D eigenvalue weighted by Gasteiger charge is -2.29. The Labute approximate surface area is 171 Å². The number of hydrogen-bond donors (Lipinski definition) is 2. The van der Waals surface area contributed by atoms with Crippen LogP contribution in [0.25, 0.3) is 0 Å². The average molecular weight is 429 g/mol. The molecular formula is C17H21ClN4O3S2. The number of thiazole rings is 1. The molecule has 0 saturated heterocycles. The molecule has 1 aromatic carbocycles.